The number of hydrogen-bond donors (Lipinski definition) is 2. The molecule has 0 saturated heterocycles. The number of halogens is 3. The molecule has 0 atom stereocenters. The van der Waals surface area contributed by atoms with E-state index in [-0.39, 0.29) is 62.7 Å². The number of aryl methyl sites for hydroxylation is 2. The molecule has 25 heteroatoms. The maximum absolute atomic E-state index is 12.4. The van der Waals surface area contributed by atoms with Crippen LogP contribution in [0.3, 0.4) is 0 Å². The molecule has 5 aromatic rings. The maximum atomic E-state index is 12.4. The van der Waals surface area contributed by atoms with Crippen molar-refractivity contribution in [3.63, 3.8) is 0 Å². The van der Waals surface area contributed by atoms with Gasteiger partial charge in [0, 0.05) is 48.5 Å². The third-order valence-corrected chi connectivity index (χ3v) is 12.2. The summed E-state index contributed by atoms with van der Waals surface area (Å²) < 4.78 is 56.8. The van der Waals surface area contributed by atoms with Crippen molar-refractivity contribution in [3.05, 3.63) is 61.4 Å². The Balaban J connectivity index is 0.000000299. The summed E-state index contributed by atoms with van der Waals surface area (Å²) in [6.07, 6.45) is 8.82. The van der Waals surface area contributed by atoms with E-state index in [1.54, 1.807) is 64.5 Å². The molecule has 20 nitrogen and oxygen atoms in total. The smallest absolute Gasteiger partial charge is 0.241 e. The van der Waals surface area contributed by atoms with Crippen LogP contribution in [0.2, 0.25) is 0 Å². The van der Waals surface area contributed by atoms with E-state index >= 15 is 0 Å². The van der Waals surface area contributed by atoms with Crippen molar-refractivity contribution < 1.29 is 21.6 Å². The van der Waals surface area contributed by atoms with Gasteiger partial charge in [-0.05, 0) is 45.2 Å². The Hall–Kier alpha value is -3.89. The summed E-state index contributed by atoms with van der Waals surface area (Å²) in [5.41, 5.74) is 5.32. The Morgan fingerprint density at radius 1 is 0.849 bits per heavy atom. The molecule has 0 unspecified atom stereocenters. The molecule has 3 N–H and O–H groups in total. The number of allylic oxidation sites excluding steroid dienone is 1. The van der Waals surface area contributed by atoms with E-state index in [2.05, 4.69) is 62.7 Å². The molecular weight excluding hydrogens is 980 g/mol. The first-order valence-electron chi connectivity index (χ1n) is 14.9. The predicted octanol–water partition coefficient (Wildman–Crippen LogP) is 1.64. The lowest BCUT2D eigenvalue weighted by Crippen LogP contribution is -2.21. The fourth-order valence-electron chi connectivity index (χ4n) is 3.92. The van der Waals surface area contributed by atoms with Crippen LogP contribution in [0.5, 0.6) is 0 Å². The first-order valence-corrected chi connectivity index (χ1v) is 20.4. The number of carbonyl (C=O) groups excluding carboxylic acids is 1. The molecule has 0 radical (unpaired) electrons. The number of hydrogen-bond acceptors (Lipinski definition) is 15. The van der Waals surface area contributed by atoms with Gasteiger partial charge >= 0.3 is 0 Å². The van der Waals surface area contributed by atoms with Crippen molar-refractivity contribution in [1.82, 2.24) is 63.5 Å². The van der Waals surface area contributed by atoms with Gasteiger partial charge < -0.3 is 19.8 Å². The zero-order valence-electron chi connectivity index (χ0n) is 29.8. The highest BCUT2D eigenvalue weighted by atomic mass is 127. The monoisotopic (exact) mass is 1020 g/mol. The predicted molar refractivity (Wildman–Crippen MR) is 215 cm³/mol. The topological polar surface area (TPSA) is 261 Å². The molecule has 53 heavy (non-hydrogen) atoms. The zero-order valence-corrected chi connectivity index (χ0v) is 36.6. The Morgan fingerprint density at radius 3 is 1.85 bits per heavy atom. The number of nitrogens with one attached hydrogen (secondary N) is 1. The number of nitrogen functional groups attached to an aromatic ring is 1. The molecular formula is C28H38ClI2N15O5S2. The second-order valence-corrected chi connectivity index (χ2v) is 17.5. The van der Waals surface area contributed by atoms with E-state index in [4.69, 9.17) is 11.1 Å². The fraction of sp³-hybridized carbons (Fsp3) is 0.357. The highest BCUT2D eigenvalue weighted by molar-refractivity contribution is 14.1. The van der Waals surface area contributed by atoms with Crippen LogP contribution in [0.1, 0.15) is 30.3 Å². The van der Waals surface area contributed by atoms with E-state index in [9.17, 15) is 21.6 Å². The second kappa shape index (κ2) is 18.9. The van der Waals surface area contributed by atoms with Crippen molar-refractivity contribution in [2.75, 3.05) is 25.6 Å². The van der Waals surface area contributed by atoms with Gasteiger partial charge in [-0.25, -0.2) is 46.7 Å². The number of ketones is 1. The standard InChI is InChI=1S/C13H14IN7O2S.C11H16IN3O3S.C4H7N5.ClH/c1-4-24(22,23)8-5-15-11(12-17-7-20(2)19-12)18-10(8)13-16-6-9(14)21(13)3;1-5-19(17,18)8(7-14(2)3)10(16)11-13-6-9(12)15(11)4;1-9-2-7-4(8-9)3(5)6;/h5-7H,4H2,1-3H3;6-7H,5H2,1-4H3;2H,1H3,(H3,5,6);1H. The lowest BCUT2D eigenvalue weighted by molar-refractivity contribution is 0.102. The van der Waals surface area contributed by atoms with Crippen molar-refractivity contribution in [2.45, 2.75) is 18.7 Å². The van der Waals surface area contributed by atoms with E-state index in [0.717, 1.165) is 7.40 Å². The summed E-state index contributed by atoms with van der Waals surface area (Å²) in [6, 6.07) is 0. The highest BCUT2D eigenvalue weighted by Crippen LogP contribution is 2.27. The molecule has 0 spiro atoms. The van der Waals surface area contributed by atoms with Crippen LogP contribution in [0.25, 0.3) is 23.2 Å². The average molecular weight is 1020 g/mol. The number of imidazole rings is 2. The summed E-state index contributed by atoms with van der Waals surface area (Å²) in [4.78, 5) is 38.3. The van der Waals surface area contributed by atoms with Gasteiger partial charge in [0.2, 0.25) is 17.4 Å². The minimum Gasteiger partial charge on any atom is -0.382 e. The maximum Gasteiger partial charge on any atom is 0.241 e. The molecule has 5 heterocycles. The largest absolute Gasteiger partial charge is 0.382 e. The minimum absolute atomic E-state index is 0. The summed E-state index contributed by atoms with van der Waals surface area (Å²) in [5.74, 6) is 0.558. The Bertz CT molecular complexity index is 2330. The fourth-order valence-corrected chi connectivity index (χ4v) is 6.66. The van der Waals surface area contributed by atoms with Gasteiger partial charge in [-0.1, -0.05) is 13.8 Å². The van der Waals surface area contributed by atoms with Crippen LogP contribution in [0, 0.1) is 12.8 Å². The Morgan fingerprint density at radius 2 is 1.43 bits per heavy atom. The summed E-state index contributed by atoms with van der Waals surface area (Å²) in [7, 11) is 3.16. The molecule has 0 aliphatic rings. The molecule has 5 aromatic heterocycles. The number of rotatable bonds is 10. The lowest BCUT2D eigenvalue weighted by Gasteiger charge is -2.11. The van der Waals surface area contributed by atoms with Crippen molar-refractivity contribution in [2.24, 2.45) is 33.9 Å². The summed E-state index contributed by atoms with van der Waals surface area (Å²) >= 11 is 4.14. The number of aromatic nitrogens is 12. The van der Waals surface area contributed by atoms with Crippen LogP contribution < -0.4 is 5.73 Å². The molecule has 0 bridgehead atoms. The van der Waals surface area contributed by atoms with Crippen LogP contribution in [0.4, 0.5) is 0 Å². The minimum atomic E-state index is -3.60. The summed E-state index contributed by atoms with van der Waals surface area (Å²) in [6.45, 7) is 3.09. The quantitative estimate of drug-likeness (QED) is 0.0663. The first kappa shape index (κ1) is 45.3. The molecule has 0 aromatic carbocycles. The van der Waals surface area contributed by atoms with Crippen LogP contribution in [0.15, 0.2) is 47.2 Å². The first-order chi connectivity index (χ1) is 24.2. The van der Waals surface area contributed by atoms with Gasteiger partial charge in [0.05, 0.1) is 37.5 Å². The lowest BCUT2D eigenvalue weighted by atomic mass is 10.3. The van der Waals surface area contributed by atoms with Gasteiger partial charge in [-0.2, -0.15) is 0 Å². The van der Waals surface area contributed by atoms with Crippen molar-refractivity contribution >= 4 is 88.9 Å². The van der Waals surface area contributed by atoms with Crippen LogP contribution >= 0.6 is 57.6 Å². The Kier molecular flexibility index (Phi) is 16.2. The highest BCUT2D eigenvalue weighted by Gasteiger charge is 2.28. The number of carbonyl (C=O) groups is 1. The van der Waals surface area contributed by atoms with E-state index in [1.165, 1.54) is 52.4 Å². The third kappa shape index (κ3) is 11.3. The van der Waals surface area contributed by atoms with Crippen LogP contribution in [-0.2, 0) is 47.9 Å². The number of amidine groups is 1. The van der Waals surface area contributed by atoms with E-state index in [1.807, 2.05) is 22.6 Å². The molecule has 288 valence electrons. The number of nitrogens with zero attached hydrogens (tertiary/aromatic N) is 13. The van der Waals surface area contributed by atoms with Crippen molar-refractivity contribution in [1.29, 1.82) is 5.41 Å². The second-order valence-electron chi connectivity index (χ2n) is 10.8. The number of nitrogens with two attached hydrogens (primary N) is 1. The van der Waals surface area contributed by atoms with E-state index < -0.39 is 25.5 Å². The van der Waals surface area contributed by atoms with Gasteiger partial charge in [0.1, 0.15) is 28.1 Å². The Labute approximate surface area is 339 Å². The normalized spacial score (nSPS) is 11.5. The summed E-state index contributed by atoms with van der Waals surface area (Å²) in [5, 5.41) is 14.8. The molecule has 0 aliphatic heterocycles. The molecule has 0 amide bonds. The van der Waals surface area contributed by atoms with Gasteiger partial charge in [-0.15, -0.1) is 22.6 Å². The molecule has 0 fully saturated rings. The van der Waals surface area contributed by atoms with Gasteiger partial charge in [0.25, 0.3) is 0 Å². The zero-order chi connectivity index (χ0) is 39.1. The molecule has 0 saturated carbocycles. The van der Waals surface area contributed by atoms with Crippen molar-refractivity contribution in [3.8, 4) is 23.2 Å². The third-order valence-electron chi connectivity index (χ3n) is 6.70. The number of sulfone groups is 2. The average Bonchev–Trinajstić information content (AvgIpc) is 3.89. The van der Waals surface area contributed by atoms with E-state index in [0.29, 0.717) is 11.6 Å². The molecule has 0 aliphatic carbocycles. The van der Waals surface area contributed by atoms with Crippen LogP contribution in [-0.4, -0.2) is 118 Å². The van der Waals surface area contributed by atoms with Gasteiger partial charge in [0.15, 0.2) is 43.0 Å². The SMILES string of the molecule is CCS(=O)(=O)C(=CN(C)C)C(=O)c1ncc(I)n1C.CCS(=O)(=O)c1cnc(-c2ncn(C)n2)nc1-c1ncc(I)n1C.Cl.Cn1cnc(C(=N)N)n1. The number of Topliss-reactive ketones (excluding diaryl/α,β-unsaturated/α-hetero) is 1. The van der Waals surface area contributed by atoms with Gasteiger partial charge in [-0.3, -0.25) is 19.6 Å². The molecule has 5 rings (SSSR count).